The number of non-ortho nitro benzene ring substituents is 1. The lowest BCUT2D eigenvalue weighted by molar-refractivity contribution is -0.384. The van der Waals surface area contributed by atoms with Crippen molar-refractivity contribution >= 4 is 40.3 Å². The molecule has 24 heavy (non-hydrogen) atoms. The van der Waals surface area contributed by atoms with E-state index in [1.165, 1.54) is 12.1 Å². The average molecular weight is 447 g/mol. The number of hydrogen-bond donors (Lipinski definition) is 1. The van der Waals surface area contributed by atoms with Gasteiger partial charge in [-0.25, -0.2) is 4.79 Å². The summed E-state index contributed by atoms with van der Waals surface area (Å²) in [5, 5.41) is 13.7. The molecule has 0 unspecified atom stereocenters. The highest BCUT2D eigenvalue weighted by atomic mass is 127. The number of carbonyl (C=O) groups excluding carboxylic acids is 2. The number of nitro groups is 1. The van der Waals surface area contributed by atoms with E-state index < -0.39 is 4.92 Å². The Labute approximate surface area is 152 Å². The standard InChI is InChI=1S/C15H18IN3O5/c1-2-24-15(21)18-7-5-10(6-8-18)17-14(20)12-9-11(19(22)23)3-4-13(12)16/h3-4,9-10H,2,5-8H2,1H3,(H,17,20). The molecule has 1 aromatic rings. The molecule has 0 bridgehead atoms. The third-order valence-electron chi connectivity index (χ3n) is 3.76. The van der Waals surface area contributed by atoms with Crippen LogP contribution in [0, 0.1) is 13.7 Å². The smallest absolute Gasteiger partial charge is 0.409 e. The molecule has 0 aromatic heterocycles. The quantitative estimate of drug-likeness (QED) is 0.434. The van der Waals surface area contributed by atoms with Crippen molar-refractivity contribution in [1.29, 1.82) is 0 Å². The van der Waals surface area contributed by atoms with Crippen LogP contribution >= 0.6 is 22.6 Å². The van der Waals surface area contributed by atoms with Crippen LogP contribution in [0.3, 0.4) is 0 Å². The molecule has 0 saturated carbocycles. The van der Waals surface area contributed by atoms with E-state index >= 15 is 0 Å². The number of rotatable bonds is 4. The maximum absolute atomic E-state index is 12.4. The van der Waals surface area contributed by atoms with E-state index in [0.717, 1.165) is 0 Å². The highest BCUT2D eigenvalue weighted by Gasteiger charge is 2.25. The minimum absolute atomic E-state index is 0.0711. The third-order valence-corrected chi connectivity index (χ3v) is 4.70. The van der Waals surface area contributed by atoms with Gasteiger partial charge in [-0.3, -0.25) is 14.9 Å². The van der Waals surface area contributed by atoms with Gasteiger partial charge in [0.2, 0.25) is 0 Å². The number of amides is 2. The van der Waals surface area contributed by atoms with Crippen molar-refractivity contribution in [3.63, 3.8) is 0 Å². The maximum Gasteiger partial charge on any atom is 0.409 e. The fourth-order valence-corrected chi connectivity index (χ4v) is 3.07. The Morgan fingerprint density at radius 2 is 2.08 bits per heavy atom. The zero-order chi connectivity index (χ0) is 17.7. The number of carbonyl (C=O) groups is 2. The highest BCUT2D eigenvalue weighted by molar-refractivity contribution is 14.1. The van der Waals surface area contributed by atoms with Crippen LogP contribution in [0.15, 0.2) is 18.2 Å². The zero-order valence-corrected chi connectivity index (χ0v) is 15.3. The number of hydrogen-bond acceptors (Lipinski definition) is 5. The van der Waals surface area contributed by atoms with Crippen LogP contribution in [0.25, 0.3) is 0 Å². The van der Waals surface area contributed by atoms with Crippen LogP contribution in [0.4, 0.5) is 10.5 Å². The molecule has 1 saturated heterocycles. The molecule has 0 aliphatic carbocycles. The second-order valence-corrected chi connectivity index (χ2v) is 6.52. The Morgan fingerprint density at radius 1 is 1.42 bits per heavy atom. The van der Waals surface area contributed by atoms with Crippen LogP contribution in [0.2, 0.25) is 0 Å². The number of nitrogens with one attached hydrogen (secondary N) is 1. The van der Waals surface area contributed by atoms with Crippen LogP contribution < -0.4 is 5.32 Å². The van der Waals surface area contributed by atoms with Gasteiger partial charge in [-0.05, 0) is 48.4 Å². The Kier molecular flexibility index (Phi) is 6.35. The first-order valence-corrected chi connectivity index (χ1v) is 8.66. The molecule has 1 fully saturated rings. The van der Waals surface area contributed by atoms with Gasteiger partial charge in [-0.1, -0.05) is 0 Å². The Morgan fingerprint density at radius 3 is 2.67 bits per heavy atom. The molecule has 9 heteroatoms. The molecule has 2 rings (SSSR count). The van der Waals surface area contributed by atoms with Crippen molar-refractivity contribution < 1.29 is 19.2 Å². The van der Waals surface area contributed by atoms with Crippen molar-refractivity contribution in [2.45, 2.75) is 25.8 Å². The van der Waals surface area contributed by atoms with E-state index in [0.29, 0.717) is 36.1 Å². The lowest BCUT2D eigenvalue weighted by atomic mass is 10.0. The molecule has 1 N–H and O–H groups in total. The van der Waals surface area contributed by atoms with Crippen molar-refractivity contribution in [3.8, 4) is 0 Å². The molecule has 1 heterocycles. The highest BCUT2D eigenvalue weighted by Crippen LogP contribution is 2.20. The molecular formula is C15H18IN3O5. The van der Waals surface area contributed by atoms with Gasteiger partial charge in [-0.15, -0.1) is 0 Å². The minimum atomic E-state index is -0.523. The summed E-state index contributed by atoms with van der Waals surface area (Å²) in [5.41, 5.74) is 0.176. The first-order valence-electron chi connectivity index (χ1n) is 7.59. The van der Waals surface area contributed by atoms with E-state index in [1.807, 2.05) is 22.6 Å². The van der Waals surface area contributed by atoms with Gasteiger partial charge in [0.05, 0.1) is 17.1 Å². The van der Waals surface area contributed by atoms with E-state index in [2.05, 4.69) is 5.32 Å². The summed E-state index contributed by atoms with van der Waals surface area (Å²) in [5.74, 6) is -0.335. The summed E-state index contributed by atoms with van der Waals surface area (Å²) >= 11 is 1.98. The number of benzene rings is 1. The molecule has 1 aliphatic rings. The fourth-order valence-electron chi connectivity index (χ4n) is 2.49. The number of nitro benzene ring substituents is 1. The van der Waals surface area contributed by atoms with Gasteiger partial charge in [-0.2, -0.15) is 0 Å². The number of ether oxygens (including phenoxy) is 1. The van der Waals surface area contributed by atoms with Gasteiger partial charge in [0.25, 0.3) is 11.6 Å². The van der Waals surface area contributed by atoms with Gasteiger partial charge in [0.15, 0.2) is 0 Å². The Bertz CT molecular complexity index is 644. The predicted molar refractivity (Wildman–Crippen MR) is 94.9 cm³/mol. The van der Waals surface area contributed by atoms with Gasteiger partial charge >= 0.3 is 6.09 Å². The first-order chi connectivity index (χ1) is 11.4. The summed E-state index contributed by atoms with van der Waals surface area (Å²) in [7, 11) is 0. The molecule has 0 radical (unpaired) electrons. The Hall–Kier alpha value is -1.91. The van der Waals surface area contributed by atoms with Crippen LogP contribution in [0.1, 0.15) is 30.1 Å². The molecule has 130 valence electrons. The van der Waals surface area contributed by atoms with Crippen molar-refractivity contribution in [2.24, 2.45) is 0 Å². The van der Waals surface area contributed by atoms with E-state index in [9.17, 15) is 19.7 Å². The van der Waals surface area contributed by atoms with Crippen LogP contribution in [-0.4, -0.2) is 47.6 Å². The summed E-state index contributed by atoms with van der Waals surface area (Å²) in [6.07, 6.45) is 0.905. The number of halogens is 1. The van der Waals surface area contributed by atoms with Crippen LogP contribution in [0.5, 0.6) is 0 Å². The third kappa shape index (κ3) is 4.56. The minimum Gasteiger partial charge on any atom is -0.450 e. The molecule has 1 aromatic carbocycles. The van der Waals surface area contributed by atoms with Crippen molar-refractivity contribution in [2.75, 3.05) is 19.7 Å². The summed E-state index contributed by atoms with van der Waals surface area (Å²) in [6.45, 7) is 3.11. The number of nitrogens with zero attached hydrogens (tertiary/aromatic N) is 2. The predicted octanol–water partition coefficient (Wildman–Crippen LogP) is 2.55. The number of piperidine rings is 1. The van der Waals surface area contributed by atoms with Crippen LogP contribution in [-0.2, 0) is 4.74 Å². The second-order valence-electron chi connectivity index (χ2n) is 5.35. The largest absolute Gasteiger partial charge is 0.450 e. The first kappa shape index (κ1) is 18.4. The van der Waals surface area contributed by atoms with Crippen molar-refractivity contribution in [3.05, 3.63) is 37.4 Å². The molecule has 2 amide bonds. The van der Waals surface area contributed by atoms with Crippen molar-refractivity contribution in [1.82, 2.24) is 10.2 Å². The topological polar surface area (TPSA) is 102 Å². The normalized spacial score (nSPS) is 15.0. The number of likely N-dealkylation sites (tertiary alicyclic amines) is 1. The molecular weight excluding hydrogens is 429 g/mol. The lowest BCUT2D eigenvalue weighted by Crippen LogP contribution is -2.46. The molecule has 8 nitrogen and oxygen atoms in total. The lowest BCUT2D eigenvalue weighted by Gasteiger charge is -2.31. The molecule has 1 aliphatic heterocycles. The monoisotopic (exact) mass is 447 g/mol. The van der Waals surface area contributed by atoms with E-state index in [1.54, 1.807) is 17.9 Å². The SMILES string of the molecule is CCOC(=O)N1CCC(NC(=O)c2cc([N+](=O)[O-])ccc2I)CC1. The van der Waals surface area contributed by atoms with Gasteiger partial charge in [0.1, 0.15) is 0 Å². The fraction of sp³-hybridized carbons (Fsp3) is 0.467. The zero-order valence-electron chi connectivity index (χ0n) is 13.2. The van der Waals surface area contributed by atoms with Gasteiger partial charge in [0, 0.05) is 34.8 Å². The average Bonchev–Trinajstić information content (AvgIpc) is 2.55. The molecule has 0 spiro atoms. The second kappa shape index (κ2) is 8.27. The van der Waals surface area contributed by atoms with E-state index in [4.69, 9.17) is 4.74 Å². The Balaban J connectivity index is 1.95. The summed E-state index contributed by atoms with van der Waals surface area (Å²) in [6, 6.07) is 4.14. The summed E-state index contributed by atoms with van der Waals surface area (Å²) < 4.78 is 5.61. The maximum atomic E-state index is 12.4. The summed E-state index contributed by atoms with van der Waals surface area (Å²) in [4.78, 5) is 36.0. The van der Waals surface area contributed by atoms with Gasteiger partial charge < -0.3 is 15.0 Å². The molecule has 0 atom stereocenters. The van der Waals surface area contributed by atoms with E-state index in [-0.39, 0.29) is 29.3 Å².